The molecule has 0 rings (SSSR count). The second-order valence-electron chi connectivity index (χ2n) is 3.28. The molecule has 0 aliphatic rings. The van der Waals surface area contributed by atoms with Crippen molar-refractivity contribution in [2.24, 2.45) is 5.73 Å². The zero-order valence-electron chi connectivity index (χ0n) is 9.55. The number of amides is 2. The molecule has 0 saturated heterocycles. The molecule has 0 aliphatic carbocycles. The monoisotopic (exact) mass is 241 g/mol. The lowest BCUT2D eigenvalue weighted by molar-refractivity contribution is -0.140. The molecule has 0 fully saturated rings. The topological polar surface area (TPSA) is 49.6 Å². The van der Waals surface area contributed by atoms with Crippen molar-refractivity contribution in [3.8, 4) is 0 Å². The Bertz CT molecular complexity index is 217. The smallest absolute Gasteiger partial charge is 0.329 e. The van der Waals surface area contributed by atoms with Crippen molar-refractivity contribution in [2.45, 2.75) is 20.0 Å². The van der Waals surface area contributed by atoms with Gasteiger partial charge < -0.3 is 15.5 Å². The molecule has 0 aromatic rings. The standard InChI is InChI=1S/C9H18F3N3O/c1-3-14(4-2)8(16)15(6-5-13)7-9(10,11)12/h3-7,13H2,1-2H3. The molecule has 0 aliphatic heterocycles. The van der Waals surface area contributed by atoms with Crippen molar-refractivity contribution >= 4 is 6.03 Å². The van der Waals surface area contributed by atoms with Crippen molar-refractivity contribution in [1.82, 2.24) is 9.80 Å². The highest BCUT2D eigenvalue weighted by molar-refractivity contribution is 5.74. The molecule has 0 aromatic heterocycles. The normalized spacial score (nSPS) is 11.4. The van der Waals surface area contributed by atoms with Crippen LogP contribution in [0.25, 0.3) is 0 Å². The first-order valence-corrected chi connectivity index (χ1v) is 5.16. The minimum Gasteiger partial charge on any atom is -0.329 e. The van der Waals surface area contributed by atoms with Crippen LogP contribution in [0.2, 0.25) is 0 Å². The van der Waals surface area contributed by atoms with Crippen molar-refractivity contribution in [3.05, 3.63) is 0 Å². The van der Waals surface area contributed by atoms with E-state index in [-0.39, 0.29) is 13.1 Å². The predicted octanol–water partition coefficient (Wildman–Crippen LogP) is 1.27. The van der Waals surface area contributed by atoms with Crippen LogP contribution in [0.15, 0.2) is 0 Å². The first-order chi connectivity index (χ1) is 7.35. The van der Waals surface area contributed by atoms with Crippen LogP contribution in [-0.4, -0.2) is 54.7 Å². The SMILES string of the molecule is CCN(CC)C(=O)N(CCN)CC(F)(F)F. The minimum atomic E-state index is -4.39. The number of rotatable bonds is 5. The van der Waals surface area contributed by atoms with Crippen molar-refractivity contribution in [3.63, 3.8) is 0 Å². The maximum absolute atomic E-state index is 12.2. The van der Waals surface area contributed by atoms with Gasteiger partial charge in [-0.3, -0.25) is 0 Å². The molecule has 0 aromatic carbocycles. The summed E-state index contributed by atoms with van der Waals surface area (Å²) in [4.78, 5) is 13.7. The second-order valence-corrected chi connectivity index (χ2v) is 3.28. The molecule has 0 spiro atoms. The van der Waals surface area contributed by atoms with Gasteiger partial charge in [-0.15, -0.1) is 0 Å². The number of alkyl halides is 3. The van der Waals surface area contributed by atoms with Crippen LogP contribution >= 0.6 is 0 Å². The van der Waals surface area contributed by atoms with Gasteiger partial charge in [0.25, 0.3) is 0 Å². The summed E-state index contributed by atoms with van der Waals surface area (Å²) in [6.07, 6.45) is -4.39. The highest BCUT2D eigenvalue weighted by atomic mass is 19.4. The summed E-state index contributed by atoms with van der Waals surface area (Å²) in [7, 11) is 0. The van der Waals surface area contributed by atoms with Gasteiger partial charge in [0.1, 0.15) is 6.54 Å². The average molecular weight is 241 g/mol. The molecule has 2 amide bonds. The number of carbonyl (C=O) groups excluding carboxylic acids is 1. The highest BCUT2D eigenvalue weighted by Crippen LogP contribution is 2.17. The predicted molar refractivity (Wildman–Crippen MR) is 55.0 cm³/mol. The summed E-state index contributed by atoms with van der Waals surface area (Å²) in [6, 6.07) is -0.618. The quantitative estimate of drug-likeness (QED) is 0.788. The zero-order chi connectivity index (χ0) is 12.8. The third kappa shape index (κ3) is 5.20. The number of urea groups is 1. The Morgan fingerprint density at radius 1 is 1.19 bits per heavy atom. The van der Waals surface area contributed by atoms with E-state index in [1.165, 1.54) is 4.90 Å². The van der Waals surface area contributed by atoms with Crippen molar-refractivity contribution in [2.75, 3.05) is 32.7 Å². The van der Waals surface area contributed by atoms with Crippen molar-refractivity contribution < 1.29 is 18.0 Å². The van der Waals surface area contributed by atoms with Gasteiger partial charge in [0, 0.05) is 26.2 Å². The first-order valence-electron chi connectivity index (χ1n) is 5.16. The van der Waals surface area contributed by atoms with E-state index in [9.17, 15) is 18.0 Å². The molecule has 96 valence electrons. The Hall–Kier alpha value is -0.980. The average Bonchev–Trinajstić information content (AvgIpc) is 2.17. The van der Waals surface area contributed by atoms with Crippen LogP contribution in [0, 0.1) is 0 Å². The fraction of sp³-hybridized carbons (Fsp3) is 0.889. The number of halogens is 3. The number of hydrogen-bond acceptors (Lipinski definition) is 2. The third-order valence-corrected chi connectivity index (χ3v) is 2.07. The summed E-state index contributed by atoms with van der Waals surface area (Å²) in [5.74, 6) is 0. The maximum atomic E-state index is 12.2. The van der Waals surface area contributed by atoms with Gasteiger partial charge >= 0.3 is 12.2 Å². The van der Waals surface area contributed by atoms with E-state index >= 15 is 0 Å². The van der Waals surface area contributed by atoms with Crippen LogP contribution in [0.4, 0.5) is 18.0 Å². The van der Waals surface area contributed by atoms with Gasteiger partial charge in [0.05, 0.1) is 0 Å². The Morgan fingerprint density at radius 2 is 1.69 bits per heavy atom. The Kier molecular flexibility index (Phi) is 6.17. The second kappa shape index (κ2) is 6.57. The Balaban J connectivity index is 4.57. The maximum Gasteiger partial charge on any atom is 0.406 e. The summed E-state index contributed by atoms with van der Waals surface area (Å²) < 4.78 is 36.6. The molecule has 0 bridgehead atoms. The summed E-state index contributed by atoms with van der Waals surface area (Å²) in [5.41, 5.74) is 5.19. The molecule has 7 heteroatoms. The van der Waals surface area contributed by atoms with E-state index in [1.807, 2.05) is 0 Å². The molecule has 0 saturated carbocycles. The number of nitrogens with two attached hydrogens (primary N) is 1. The fourth-order valence-electron chi connectivity index (χ4n) is 1.31. The molecule has 0 radical (unpaired) electrons. The number of nitrogens with zero attached hydrogens (tertiary/aromatic N) is 2. The molecular formula is C9H18F3N3O. The lowest BCUT2D eigenvalue weighted by atomic mass is 10.4. The minimum absolute atomic E-state index is 0.0170. The summed E-state index contributed by atoms with van der Waals surface area (Å²) in [6.45, 7) is 2.88. The Morgan fingerprint density at radius 3 is 2.00 bits per heavy atom. The molecule has 0 unspecified atom stereocenters. The molecule has 4 nitrogen and oxygen atoms in total. The summed E-state index contributed by atoms with van der Waals surface area (Å²) >= 11 is 0. The van der Waals surface area contributed by atoms with Crippen LogP contribution in [0.1, 0.15) is 13.8 Å². The van der Waals surface area contributed by atoms with E-state index in [1.54, 1.807) is 13.8 Å². The fourth-order valence-corrected chi connectivity index (χ4v) is 1.31. The molecule has 0 heterocycles. The number of hydrogen-bond donors (Lipinski definition) is 1. The van der Waals surface area contributed by atoms with Gasteiger partial charge in [-0.25, -0.2) is 4.79 Å². The van der Waals surface area contributed by atoms with Crippen molar-refractivity contribution in [1.29, 1.82) is 0 Å². The highest BCUT2D eigenvalue weighted by Gasteiger charge is 2.33. The summed E-state index contributed by atoms with van der Waals surface area (Å²) in [5, 5.41) is 0. The first kappa shape index (κ1) is 15.0. The van der Waals surface area contributed by atoms with Gasteiger partial charge in [-0.05, 0) is 13.8 Å². The van der Waals surface area contributed by atoms with Gasteiger partial charge in [-0.2, -0.15) is 13.2 Å². The molecule has 2 N–H and O–H groups in total. The third-order valence-electron chi connectivity index (χ3n) is 2.07. The van der Waals surface area contributed by atoms with E-state index in [4.69, 9.17) is 5.73 Å². The Labute approximate surface area is 93.2 Å². The molecule has 16 heavy (non-hydrogen) atoms. The van der Waals surface area contributed by atoms with Gasteiger partial charge in [0.2, 0.25) is 0 Å². The largest absolute Gasteiger partial charge is 0.406 e. The van der Waals surface area contributed by atoms with E-state index in [0.717, 1.165) is 4.90 Å². The zero-order valence-corrected chi connectivity index (χ0v) is 9.55. The van der Waals surface area contributed by atoms with Crippen LogP contribution in [-0.2, 0) is 0 Å². The van der Waals surface area contributed by atoms with Gasteiger partial charge in [0.15, 0.2) is 0 Å². The van der Waals surface area contributed by atoms with E-state index < -0.39 is 18.8 Å². The molecule has 0 atom stereocenters. The van der Waals surface area contributed by atoms with E-state index in [2.05, 4.69) is 0 Å². The number of carbonyl (C=O) groups is 1. The van der Waals surface area contributed by atoms with Gasteiger partial charge in [-0.1, -0.05) is 0 Å². The lowest BCUT2D eigenvalue weighted by Crippen LogP contribution is -2.48. The lowest BCUT2D eigenvalue weighted by Gasteiger charge is -2.29. The van der Waals surface area contributed by atoms with E-state index in [0.29, 0.717) is 13.1 Å². The van der Waals surface area contributed by atoms with Crippen LogP contribution in [0.5, 0.6) is 0 Å². The van der Waals surface area contributed by atoms with Crippen LogP contribution in [0.3, 0.4) is 0 Å². The molecular weight excluding hydrogens is 223 g/mol. The van der Waals surface area contributed by atoms with Crippen LogP contribution < -0.4 is 5.73 Å².